The summed E-state index contributed by atoms with van der Waals surface area (Å²) in [5.74, 6) is -2.25. The monoisotopic (exact) mass is 449 g/mol. The van der Waals surface area contributed by atoms with Gasteiger partial charge in [-0.15, -0.1) is 5.10 Å². The number of hydrogen-bond acceptors (Lipinski definition) is 7. The second-order valence-corrected chi connectivity index (χ2v) is 10.3. The summed E-state index contributed by atoms with van der Waals surface area (Å²) >= 11 is 6.74. The molecule has 2 aromatic rings. The summed E-state index contributed by atoms with van der Waals surface area (Å²) in [6.07, 6.45) is 0. The zero-order valence-corrected chi connectivity index (χ0v) is 17.9. The van der Waals surface area contributed by atoms with Crippen LogP contribution in [-0.4, -0.2) is 59.6 Å². The molecule has 1 saturated heterocycles. The van der Waals surface area contributed by atoms with E-state index in [-0.39, 0.29) is 24.0 Å². The molecule has 1 fully saturated rings. The van der Waals surface area contributed by atoms with E-state index in [4.69, 9.17) is 12.2 Å². The van der Waals surface area contributed by atoms with Crippen molar-refractivity contribution in [2.75, 3.05) is 31.5 Å². The third-order valence-corrected chi connectivity index (χ3v) is 7.35. The van der Waals surface area contributed by atoms with Crippen LogP contribution in [0.25, 0.3) is 0 Å². The van der Waals surface area contributed by atoms with Gasteiger partial charge < -0.3 is 5.32 Å². The van der Waals surface area contributed by atoms with Crippen LogP contribution in [0.3, 0.4) is 0 Å². The van der Waals surface area contributed by atoms with Crippen LogP contribution < -0.4 is 5.32 Å². The predicted octanol–water partition coefficient (Wildman–Crippen LogP) is 2.74. The van der Waals surface area contributed by atoms with Crippen LogP contribution in [0.1, 0.15) is 13.8 Å². The van der Waals surface area contributed by atoms with E-state index in [2.05, 4.69) is 10.4 Å². The van der Waals surface area contributed by atoms with E-state index < -0.39 is 21.7 Å². The minimum absolute atomic E-state index is 0.244. The Kier molecular flexibility index (Phi) is 6.44. The van der Waals surface area contributed by atoms with E-state index in [0.29, 0.717) is 23.7 Å². The zero-order chi connectivity index (χ0) is 20.5. The number of halogens is 2. The molecule has 3 rings (SSSR count). The summed E-state index contributed by atoms with van der Waals surface area (Å²) < 4.78 is 55.4. The van der Waals surface area contributed by atoms with E-state index in [9.17, 15) is 17.2 Å². The fourth-order valence-corrected chi connectivity index (χ4v) is 5.36. The fraction of sp³-hybridized carbons (Fsp3) is 0.500. The number of piperazine rings is 1. The van der Waals surface area contributed by atoms with Crippen LogP contribution in [0.15, 0.2) is 23.1 Å². The molecule has 1 N–H and O–H groups in total. The molecule has 0 aliphatic carbocycles. The van der Waals surface area contributed by atoms with Crippen molar-refractivity contribution in [2.45, 2.75) is 31.5 Å². The van der Waals surface area contributed by atoms with Gasteiger partial charge in [-0.2, -0.15) is 4.31 Å². The number of rotatable bonds is 6. The lowest BCUT2D eigenvalue weighted by Gasteiger charge is -2.33. The SMILES string of the molecule is CC(C)Nc1nn(CN2CCN(S(=O)(=O)c3ccc(F)c(F)c3)CC2)c(=S)s1. The summed E-state index contributed by atoms with van der Waals surface area (Å²) in [4.78, 5) is 1.80. The van der Waals surface area contributed by atoms with Gasteiger partial charge in [-0.1, -0.05) is 11.3 Å². The Morgan fingerprint density at radius 1 is 1.21 bits per heavy atom. The summed E-state index contributed by atoms with van der Waals surface area (Å²) in [5, 5.41) is 8.41. The maximum atomic E-state index is 13.4. The quantitative estimate of drug-likeness (QED) is 0.684. The van der Waals surface area contributed by atoms with E-state index in [1.54, 1.807) is 4.68 Å². The Bertz CT molecular complexity index is 998. The van der Waals surface area contributed by atoms with Crippen molar-refractivity contribution in [3.63, 3.8) is 0 Å². The second kappa shape index (κ2) is 8.49. The molecule has 154 valence electrons. The molecular formula is C16H21F2N5O2S3. The van der Waals surface area contributed by atoms with Crippen LogP contribution in [0.2, 0.25) is 0 Å². The third-order valence-electron chi connectivity index (χ3n) is 4.21. The van der Waals surface area contributed by atoms with Crippen molar-refractivity contribution in [1.82, 2.24) is 19.0 Å². The Morgan fingerprint density at radius 3 is 2.50 bits per heavy atom. The van der Waals surface area contributed by atoms with Crippen LogP contribution in [0, 0.1) is 15.6 Å². The number of anilines is 1. The molecule has 7 nitrogen and oxygen atoms in total. The van der Waals surface area contributed by atoms with E-state index in [1.165, 1.54) is 15.6 Å². The first-order valence-electron chi connectivity index (χ1n) is 8.69. The molecule has 0 radical (unpaired) electrons. The minimum Gasteiger partial charge on any atom is -0.358 e. The third kappa shape index (κ3) is 4.74. The van der Waals surface area contributed by atoms with Crippen molar-refractivity contribution in [1.29, 1.82) is 0 Å². The molecule has 0 unspecified atom stereocenters. The molecule has 1 aliphatic heterocycles. The maximum absolute atomic E-state index is 13.4. The highest BCUT2D eigenvalue weighted by molar-refractivity contribution is 7.89. The molecular weight excluding hydrogens is 428 g/mol. The Labute approximate surface area is 171 Å². The highest BCUT2D eigenvalue weighted by Crippen LogP contribution is 2.21. The van der Waals surface area contributed by atoms with Crippen LogP contribution in [-0.2, 0) is 16.7 Å². The lowest BCUT2D eigenvalue weighted by molar-refractivity contribution is 0.145. The van der Waals surface area contributed by atoms with Crippen molar-refractivity contribution in [2.24, 2.45) is 0 Å². The van der Waals surface area contributed by atoms with Gasteiger partial charge in [0.05, 0.1) is 11.6 Å². The standard InChI is InChI=1S/C16H21F2N5O2S3/c1-11(2)19-15-20-23(16(26)27-15)10-21-5-7-22(8-6-21)28(24,25)12-3-4-13(17)14(18)9-12/h3-4,9,11H,5-8,10H2,1-2H3,(H,19,20). The maximum Gasteiger partial charge on any atom is 0.243 e. The lowest BCUT2D eigenvalue weighted by Crippen LogP contribution is -2.48. The van der Waals surface area contributed by atoms with Gasteiger partial charge in [0, 0.05) is 32.2 Å². The Balaban J connectivity index is 1.63. The molecule has 0 bridgehead atoms. The van der Waals surface area contributed by atoms with Crippen molar-refractivity contribution < 1.29 is 17.2 Å². The van der Waals surface area contributed by atoms with Crippen molar-refractivity contribution >= 4 is 38.7 Å². The summed E-state index contributed by atoms with van der Waals surface area (Å²) in [6.45, 7) is 5.95. The summed E-state index contributed by atoms with van der Waals surface area (Å²) in [7, 11) is -3.87. The molecule has 2 heterocycles. The first kappa shape index (κ1) is 21.2. The first-order valence-corrected chi connectivity index (χ1v) is 11.4. The number of aromatic nitrogens is 2. The zero-order valence-electron chi connectivity index (χ0n) is 15.4. The molecule has 1 aliphatic rings. The first-order chi connectivity index (χ1) is 13.2. The normalized spacial score (nSPS) is 16.6. The molecule has 0 saturated carbocycles. The molecule has 28 heavy (non-hydrogen) atoms. The van der Waals surface area contributed by atoms with Gasteiger partial charge in [-0.25, -0.2) is 21.9 Å². The molecule has 12 heteroatoms. The predicted molar refractivity (Wildman–Crippen MR) is 106 cm³/mol. The van der Waals surface area contributed by atoms with Gasteiger partial charge >= 0.3 is 0 Å². The molecule has 0 amide bonds. The van der Waals surface area contributed by atoms with Crippen molar-refractivity contribution in [3.05, 3.63) is 33.8 Å². The van der Waals surface area contributed by atoms with E-state index in [1.807, 2.05) is 18.7 Å². The van der Waals surface area contributed by atoms with Gasteiger partial charge in [0.1, 0.15) is 0 Å². The Morgan fingerprint density at radius 2 is 1.89 bits per heavy atom. The average molecular weight is 450 g/mol. The number of nitrogens with zero attached hydrogens (tertiary/aromatic N) is 4. The number of hydrogen-bond donors (Lipinski definition) is 1. The number of sulfonamides is 1. The number of benzene rings is 1. The summed E-state index contributed by atoms with van der Waals surface area (Å²) in [5.41, 5.74) is 0. The van der Waals surface area contributed by atoms with Crippen molar-refractivity contribution in [3.8, 4) is 0 Å². The molecule has 1 aromatic heterocycles. The van der Waals surface area contributed by atoms with Crippen LogP contribution >= 0.6 is 23.6 Å². The Hall–Kier alpha value is -1.47. The largest absolute Gasteiger partial charge is 0.358 e. The average Bonchev–Trinajstić information content (AvgIpc) is 2.96. The molecule has 1 aromatic carbocycles. The van der Waals surface area contributed by atoms with Crippen LogP contribution in [0.4, 0.5) is 13.9 Å². The molecule has 0 spiro atoms. The lowest BCUT2D eigenvalue weighted by atomic mass is 10.3. The van der Waals surface area contributed by atoms with Gasteiger partial charge in [-0.05, 0) is 44.3 Å². The second-order valence-electron chi connectivity index (χ2n) is 6.71. The van der Waals surface area contributed by atoms with Crippen LogP contribution in [0.5, 0.6) is 0 Å². The summed E-state index contributed by atoms with van der Waals surface area (Å²) in [6, 6.07) is 2.87. The van der Waals surface area contributed by atoms with E-state index in [0.717, 1.165) is 23.3 Å². The highest BCUT2D eigenvalue weighted by atomic mass is 32.2. The highest BCUT2D eigenvalue weighted by Gasteiger charge is 2.29. The van der Waals surface area contributed by atoms with Gasteiger partial charge in [0.15, 0.2) is 15.6 Å². The van der Waals surface area contributed by atoms with Gasteiger partial charge in [0.2, 0.25) is 15.2 Å². The topological polar surface area (TPSA) is 70.5 Å². The number of nitrogens with one attached hydrogen (secondary N) is 1. The molecule has 0 atom stereocenters. The minimum atomic E-state index is -3.87. The van der Waals surface area contributed by atoms with Gasteiger partial charge in [0.25, 0.3) is 0 Å². The smallest absolute Gasteiger partial charge is 0.243 e. The van der Waals surface area contributed by atoms with E-state index >= 15 is 0 Å². The van der Waals surface area contributed by atoms with Gasteiger partial charge in [-0.3, -0.25) is 4.90 Å². The fourth-order valence-electron chi connectivity index (χ4n) is 2.79.